The lowest BCUT2D eigenvalue weighted by molar-refractivity contribution is -0.116. The molecule has 1 amide bonds. The molecule has 0 unspecified atom stereocenters. The molecular formula is C19H21N5O2. The zero-order valence-electron chi connectivity index (χ0n) is 15.1. The smallest absolute Gasteiger partial charge is 0.224 e. The number of benzene rings is 1. The molecule has 0 spiro atoms. The summed E-state index contributed by atoms with van der Waals surface area (Å²) < 4.78 is 7.68. The van der Waals surface area contributed by atoms with E-state index in [1.165, 1.54) is 6.33 Å². The van der Waals surface area contributed by atoms with Gasteiger partial charge in [0.25, 0.3) is 0 Å². The van der Waals surface area contributed by atoms with Crippen LogP contribution in [0, 0.1) is 13.8 Å². The fraction of sp³-hybridized carbons (Fsp3) is 0.263. The minimum absolute atomic E-state index is 0.00704. The topological polar surface area (TPSA) is 81.9 Å². The summed E-state index contributed by atoms with van der Waals surface area (Å²) in [4.78, 5) is 24.3. The Bertz CT molecular complexity index is 903. The minimum Gasteiger partial charge on any atom is -0.439 e. The summed E-state index contributed by atoms with van der Waals surface area (Å²) in [5.41, 5.74) is 2.71. The van der Waals surface area contributed by atoms with Gasteiger partial charge >= 0.3 is 0 Å². The molecule has 0 aliphatic carbocycles. The Morgan fingerprint density at radius 2 is 1.92 bits per heavy atom. The van der Waals surface area contributed by atoms with Crippen molar-refractivity contribution < 1.29 is 9.53 Å². The second-order valence-corrected chi connectivity index (χ2v) is 5.92. The zero-order valence-corrected chi connectivity index (χ0v) is 15.1. The first-order valence-electron chi connectivity index (χ1n) is 8.47. The van der Waals surface area contributed by atoms with Crippen LogP contribution in [-0.4, -0.2) is 25.4 Å². The molecule has 3 rings (SSSR count). The van der Waals surface area contributed by atoms with Crippen LogP contribution in [-0.2, 0) is 4.79 Å². The molecule has 0 bridgehead atoms. The van der Waals surface area contributed by atoms with Crippen LogP contribution in [0.15, 0.2) is 43.0 Å². The lowest BCUT2D eigenvalue weighted by atomic mass is 10.2. The molecule has 134 valence electrons. The molecular weight excluding hydrogens is 330 g/mol. The molecule has 0 atom stereocenters. The summed E-state index contributed by atoms with van der Waals surface area (Å²) in [7, 11) is 0. The largest absolute Gasteiger partial charge is 0.439 e. The van der Waals surface area contributed by atoms with Crippen molar-refractivity contribution in [3.8, 4) is 17.4 Å². The molecule has 0 fully saturated rings. The predicted octanol–water partition coefficient (Wildman–Crippen LogP) is 3.81. The van der Waals surface area contributed by atoms with Gasteiger partial charge in [0.2, 0.25) is 11.8 Å². The first-order chi connectivity index (χ1) is 12.6. The molecule has 7 heteroatoms. The number of anilines is 1. The Kier molecular flexibility index (Phi) is 5.26. The fourth-order valence-corrected chi connectivity index (χ4v) is 2.42. The number of carbonyl (C=O) groups is 1. The summed E-state index contributed by atoms with van der Waals surface area (Å²) in [6.07, 6.45) is 4.51. The number of hydrogen-bond acceptors (Lipinski definition) is 5. The van der Waals surface area contributed by atoms with Gasteiger partial charge in [-0.05, 0) is 44.5 Å². The van der Waals surface area contributed by atoms with E-state index in [4.69, 9.17) is 4.74 Å². The van der Waals surface area contributed by atoms with E-state index in [-0.39, 0.29) is 5.91 Å². The lowest BCUT2D eigenvalue weighted by Crippen LogP contribution is -2.10. The Morgan fingerprint density at radius 3 is 2.58 bits per heavy atom. The number of amides is 1. The van der Waals surface area contributed by atoms with Crippen molar-refractivity contribution in [2.24, 2.45) is 0 Å². The van der Waals surface area contributed by atoms with Crippen LogP contribution in [0.4, 0.5) is 5.69 Å². The summed E-state index contributed by atoms with van der Waals surface area (Å²) in [5.74, 6) is 1.76. The minimum atomic E-state index is 0.00704. The summed E-state index contributed by atoms with van der Waals surface area (Å²) in [6, 6.07) is 8.93. The van der Waals surface area contributed by atoms with E-state index in [0.29, 0.717) is 23.9 Å². The Hall–Kier alpha value is -3.22. The van der Waals surface area contributed by atoms with E-state index in [9.17, 15) is 4.79 Å². The lowest BCUT2D eigenvalue weighted by Gasteiger charge is -2.09. The number of imidazole rings is 1. The average Bonchev–Trinajstić information content (AvgIpc) is 2.96. The molecule has 0 radical (unpaired) electrons. The van der Waals surface area contributed by atoms with Crippen LogP contribution in [0.25, 0.3) is 5.82 Å². The zero-order chi connectivity index (χ0) is 18.5. The van der Waals surface area contributed by atoms with Crippen LogP contribution in [0.5, 0.6) is 11.6 Å². The third kappa shape index (κ3) is 4.05. The van der Waals surface area contributed by atoms with Crippen LogP contribution in [0.3, 0.4) is 0 Å². The Labute approximate surface area is 152 Å². The maximum Gasteiger partial charge on any atom is 0.224 e. The second kappa shape index (κ2) is 7.77. The molecule has 7 nitrogen and oxygen atoms in total. The molecule has 3 aromatic rings. The summed E-state index contributed by atoms with van der Waals surface area (Å²) in [6.45, 7) is 5.90. The van der Waals surface area contributed by atoms with E-state index in [1.54, 1.807) is 36.7 Å². The van der Waals surface area contributed by atoms with Gasteiger partial charge in [0.15, 0.2) is 0 Å². The van der Waals surface area contributed by atoms with Gasteiger partial charge in [0.1, 0.15) is 24.2 Å². The Morgan fingerprint density at radius 1 is 1.15 bits per heavy atom. The first-order valence-corrected chi connectivity index (χ1v) is 8.47. The number of nitrogens with one attached hydrogen (secondary N) is 1. The van der Waals surface area contributed by atoms with Gasteiger partial charge < -0.3 is 10.1 Å². The van der Waals surface area contributed by atoms with E-state index in [0.717, 1.165) is 23.5 Å². The standard InChI is InChI=1S/C19H21N5O2/c1-4-5-18(25)23-15-6-8-16(9-7-15)26-19-10-17(20-11-21-19)24-12-22-13(2)14(24)3/h6-12H,4-5H2,1-3H3,(H,23,25). The van der Waals surface area contributed by atoms with Gasteiger partial charge in [-0.1, -0.05) is 6.92 Å². The van der Waals surface area contributed by atoms with Crippen LogP contribution in [0.1, 0.15) is 31.2 Å². The number of ether oxygens (including phenoxy) is 1. The number of nitrogens with zero attached hydrogens (tertiary/aromatic N) is 4. The van der Waals surface area contributed by atoms with E-state index in [1.807, 2.05) is 25.3 Å². The maximum absolute atomic E-state index is 11.6. The number of hydrogen-bond donors (Lipinski definition) is 1. The van der Waals surface area contributed by atoms with Gasteiger partial charge in [-0.25, -0.2) is 15.0 Å². The van der Waals surface area contributed by atoms with E-state index in [2.05, 4.69) is 20.3 Å². The maximum atomic E-state index is 11.6. The van der Waals surface area contributed by atoms with Crippen molar-refractivity contribution in [2.75, 3.05) is 5.32 Å². The van der Waals surface area contributed by atoms with E-state index >= 15 is 0 Å². The molecule has 0 saturated heterocycles. The third-order valence-electron chi connectivity index (χ3n) is 3.96. The fourth-order valence-electron chi connectivity index (χ4n) is 2.42. The van der Waals surface area contributed by atoms with Crippen molar-refractivity contribution in [2.45, 2.75) is 33.6 Å². The summed E-state index contributed by atoms with van der Waals surface area (Å²) in [5, 5.41) is 2.84. The van der Waals surface area contributed by atoms with Gasteiger partial charge in [-0.3, -0.25) is 9.36 Å². The molecule has 0 aliphatic heterocycles. The number of rotatable bonds is 6. The Balaban J connectivity index is 1.72. The highest BCUT2D eigenvalue weighted by molar-refractivity contribution is 5.90. The molecule has 1 aromatic carbocycles. The van der Waals surface area contributed by atoms with Gasteiger partial charge in [0.05, 0.1) is 5.69 Å². The van der Waals surface area contributed by atoms with Crippen LogP contribution >= 0.6 is 0 Å². The SMILES string of the molecule is CCCC(=O)Nc1ccc(Oc2cc(-n3cnc(C)c3C)ncn2)cc1. The van der Waals surface area contributed by atoms with Gasteiger partial charge in [-0.15, -0.1) is 0 Å². The quantitative estimate of drug-likeness (QED) is 0.730. The molecule has 2 heterocycles. The van der Waals surface area contributed by atoms with Crippen molar-refractivity contribution in [1.29, 1.82) is 0 Å². The van der Waals surface area contributed by atoms with Gasteiger partial charge in [0, 0.05) is 23.9 Å². The number of aromatic nitrogens is 4. The van der Waals surface area contributed by atoms with E-state index < -0.39 is 0 Å². The highest BCUT2D eigenvalue weighted by Crippen LogP contribution is 2.23. The molecule has 1 N–H and O–H groups in total. The van der Waals surface area contributed by atoms with Gasteiger partial charge in [-0.2, -0.15) is 0 Å². The average molecular weight is 351 g/mol. The number of carbonyl (C=O) groups excluding carboxylic acids is 1. The number of aryl methyl sites for hydroxylation is 1. The summed E-state index contributed by atoms with van der Waals surface area (Å²) >= 11 is 0. The van der Waals surface area contributed by atoms with Crippen molar-refractivity contribution in [1.82, 2.24) is 19.5 Å². The highest BCUT2D eigenvalue weighted by Gasteiger charge is 2.08. The van der Waals surface area contributed by atoms with Crippen molar-refractivity contribution in [3.63, 3.8) is 0 Å². The van der Waals surface area contributed by atoms with Crippen molar-refractivity contribution in [3.05, 3.63) is 54.4 Å². The highest BCUT2D eigenvalue weighted by atomic mass is 16.5. The monoisotopic (exact) mass is 351 g/mol. The molecule has 26 heavy (non-hydrogen) atoms. The predicted molar refractivity (Wildman–Crippen MR) is 98.7 cm³/mol. The first kappa shape index (κ1) is 17.6. The second-order valence-electron chi connectivity index (χ2n) is 5.92. The molecule has 2 aromatic heterocycles. The van der Waals surface area contributed by atoms with Crippen molar-refractivity contribution >= 4 is 11.6 Å². The van der Waals surface area contributed by atoms with Crippen LogP contribution < -0.4 is 10.1 Å². The third-order valence-corrected chi connectivity index (χ3v) is 3.96. The van der Waals surface area contributed by atoms with Crippen LogP contribution in [0.2, 0.25) is 0 Å². The molecule has 0 aliphatic rings. The normalized spacial score (nSPS) is 10.6. The molecule has 0 saturated carbocycles.